The van der Waals surface area contributed by atoms with Crippen molar-refractivity contribution >= 4 is 0 Å². The quantitative estimate of drug-likeness (QED) is 0.777. The first kappa shape index (κ1) is 12.6. The van der Waals surface area contributed by atoms with Crippen molar-refractivity contribution in [2.24, 2.45) is 5.41 Å². The predicted octanol–water partition coefficient (Wildman–Crippen LogP) is 4.09. The third kappa shape index (κ3) is 2.90. The van der Waals surface area contributed by atoms with Crippen LogP contribution in [0, 0.1) is 5.41 Å². The van der Waals surface area contributed by atoms with Gasteiger partial charge in [0.15, 0.2) is 0 Å². The van der Waals surface area contributed by atoms with Crippen molar-refractivity contribution in [1.29, 1.82) is 0 Å². The molecular weight excluding hydrogens is 206 g/mol. The van der Waals surface area contributed by atoms with Crippen LogP contribution in [0.4, 0.5) is 0 Å². The lowest BCUT2D eigenvalue weighted by Gasteiger charge is -2.25. The van der Waals surface area contributed by atoms with Crippen LogP contribution in [0.15, 0.2) is 24.3 Å². The van der Waals surface area contributed by atoms with Gasteiger partial charge in [0, 0.05) is 6.04 Å². The first-order valence-electron chi connectivity index (χ1n) is 7.02. The lowest BCUT2D eigenvalue weighted by molar-refractivity contribution is 0.373. The van der Waals surface area contributed by atoms with Crippen LogP contribution in [-0.4, -0.2) is 6.54 Å². The van der Waals surface area contributed by atoms with E-state index in [0.29, 0.717) is 11.5 Å². The molecule has 1 atom stereocenters. The van der Waals surface area contributed by atoms with Crippen molar-refractivity contribution in [3.8, 4) is 0 Å². The number of hydrogen-bond donors (Lipinski definition) is 1. The smallest absolute Gasteiger partial charge is 0.0374 e. The molecule has 94 valence electrons. The minimum absolute atomic E-state index is 0.502. The second-order valence-corrected chi connectivity index (χ2v) is 5.64. The Morgan fingerprint density at radius 3 is 2.29 bits per heavy atom. The Balaban J connectivity index is 2.13. The highest BCUT2D eigenvalue weighted by atomic mass is 14.9. The Morgan fingerprint density at radius 2 is 1.82 bits per heavy atom. The van der Waals surface area contributed by atoms with Crippen LogP contribution in [0.5, 0.6) is 0 Å². The van der Waals surface area contributed by atoms with Gasteiger partial charge >= 0.3 is 0 Å². The molecule has 17 heavy (non-hydrogen) atoms. The van der Waals surface area contributed by atoms with E-state index in [-0.39, 0.29) is 0 Å². The van der Waals surface area contributed by atoms with Crippen molar-refractivity contribution in [2.45, 2.75) is 52.5 Å². The Hall–Kier alpha value is -0.820. The third-order valence-corrected chi connectivity index (χ3v) is 4.00. The minimum Gasteiger partial charge on any atom is -0.310 e. The second-order valence-electron chi connectivity index (χ2n) is 5.64. The molecule has 1 aromatic rings. The highest BCUT2D eigenvalue weighted by Gasteiger charge is 2.44. The molecule has 1 unspecified atom stereocenters. The van der Waals surface area contributed by atoms with Gasteiger partial charge in [-0.15, -0.1) is 0 Å². The van der Waals surface area contributed by atoms with E-state index in [1.54, 1.807) is 0 Å². The van der Waals surface area contributed by atoms with Crippen LogP contribution >= 0.6 is 0 Å². The maximum Gasteiger partial charge on any atom is 0.0374 e. The Bertz CT molecular complexity index is 348. The van der Waals surface area contributed by atoms with E-state index in [9.17, 15) is 0 Å². The summed E-state index contributed by atoms with van der Waals surface area (Å²) in [5.74, 6) is 0. The van der Waals surface area contributed by atoms with Crippen molar-refractivity contribution in [3.05, 3.63) is 35.4 Å². The van der Waals surface area contributed by atoms with Crippen molar-refractivity contribution in [3.63, 3.8) is 0 Å². The lowest BCUT2D eigenvalue weighted by Crippen LogP contribution is -2.27. The van der Waals surface area contributed by atoms with E-state index in [4.69, 9.17) is 0 Å². The van der Waals surface area contributed by atoms with E-state index in [1.165, 1.54) is 36.8 Å². The average molecular weight is 231 g/mol. The number of nitrogens with one attached hydrogen (secondary N) is 1. The molecule has 1 aliphatic carbocycles. The van der Waals surface area contributed by atoms with Crippen LogP contribution in [0.1, 0.15) is 57.2 Å². The lowest BCUT2D eigenvalue weighted by atomic mass is 9.91. The fourth-order valence-electron chi connectivity index (χ4n) is 2.62. The van der Waals surface area contributed by atoms with Crippen LogP contribution in [0.2, 0.25) is 0 Å². The molecule has 1 saturated carbocycles. The standard InChI is InChI=1S/C16H25N/c1-4-6-13-7-9-14(10-8-13)15(17-5-2)16(3)11-12-16/h7-10,15,17H,4-6,11-12H2,1-3H3. The maximum atomic E-state index is 3.65. The van der Waals surface area contributed by atoms with Gasteiger partial charge in [-0.25, -0.2) is 0 Å². The molecule has 1 N–H and O–H groups in total. The van der Waals surface area contributed by atoms with Gasteiger partial charge in [-0.05, 0) is 42.3 Å². The molecule has 0 saturated heterocycles. The molecule has 2 rings (SSSR count). The summed E-state index contributed by atoms with van der Waals surface area (Å²) in [6.07, 6.45) is 5.15. The zero-order valence-electron chi connectivity index (χ0n) is 11.4. The van der Waals surface area contributed by atoms with Gasteiger partial charge in [-0.2, -0.15) is 0 Å². The van der Waals surface area contributed by atoms with Gasteiger partial charge in [0.2, 0.25) is 0 Å². The summed E-state index contributed by atoms with van der Waals surface area (Å²) in [6, 6.07) is 9.79. The molecule has 1 nitrogen and oxygen atoms in total. The van der Waals surface area contributed by atoms with Crippen molar-refractivity contribution in [2.75, 3.05) is 6.54 Å². The summed E-state index contributed by atoms with van der Waals surface area (Å²) in [7, 11) is 0. The molecule has 1 aromatic carbocycles. The van der Waals surface area contributed by atoms with E-state index in [1.807, 2.05) is 0 Å². The average Bonchev–Trinajstić information content (AvgIpc) is 3.07. The molecule has 0 radical (unpaired) electrons. The summed E-state index contributed by atoms with van der Waals surface area (Å²) in [5, 5.41) is 3.65. The summed E-state index contributed by atoms with van der Waals surface area (Å²) in [4.78, 5) is 0. The van der Waals surface area contributed by atoms with Gasteiger partial charge in [-0.3, -0.25) is 0 Å². The number of rotatable bonds is 6. The number of benzene rings is 1. The topological polar surface area (TPSA) is 12.0 Å². The molecule has 0 aliphatic heterocycles. The molecule has 1 heteroatoms. The van der Waals surface area contributed by atoms with E-state index >= 15 is 0 Å². The first-order valence-corrected chi connectivity index (χ1v) is 7.02. The Kier molecular flexibility index (Phi) is 3.88. The van der Waals surface area contributed by atoms with E-state index < -0.39 is 0 Å². The molecule has 0 aromatic heterocycles. The van der Waals surface area contributed by atoms with Gasteiger partial charge in [0.1, 0.15) is 0 Å². The number of hydrogen-bond acceptors (Lipinski definition) is 1. The molecule has 0 amide bonds. The summed E-state index contributed by atoms with van der Waals surface area (Å²) < 4.78 is 0. The van der Waals surface area contributed by atoms with Gasteiger partial charge in [-0.1, -0.05) is 51.5 Å². The second kappa shape index (κ2) is 5.22. The largest absolute Gasteiger partial charge is 0.310 e. The molecule has 0 heterocycles. The van der Waals surface area contributed by atoms with Gasteiger partial charge in [0.25, 0.3) is 0 Å². The van der Waals surface area contributed by atoms with Crippen LogP contribution in [0.25, 0.3) is 0 Å². The fraction of sp³-hybridized carbons (Fsp3) is 0.625. The first-order chi connectivity index (χ1) is 8.19. The molecule has 0 bridgehead atoms. The SMILES string of the molecule is CCCc1ccc(C(NCC)C2(C)CC2)cc1. The predicted molar refractivity (Wildman–Crippen MR) is 74.2 cm³/mol. The van der Waals surface area contributed by atoms with Crippen molar-refractivity contribution < 1.29 is 0 Å². The Morgan fingerprint density at radius 1 is 1.18 bits per heavy atom. The van der Waals surface area contributed by atoms with Crippen LogP contribution < -0.4 is 5.32 Å². The molecular formula is C16H25N. The molecule has 0 spiro atoms. The van der Waals surface area contributed by atoms with Crippen molar-refractivity contribution in [1.82, 2.24) is 5.32 Å². The maximum absolute atomic E-state index is 3.65. The van der Waals surface area contributed by atoms with Gasteiger partial charge < -0.3 is 5.32 Å². The summed E-state index contributed by atoms with van der Waals surface area (Å²) >= 11 is 0. The number of aryl methyl sites for hydroxylation is 1. The highest BCUT2D eigenvalue weighted by molar-refractivity contribution is 5.28. The summed E-state index contributed by atoms with van der Waals surface area (Å²) in [5.41, 5.74) is 3.43. The van der Waals surface area contributed by atoms with Crippen LogP contribution in [0.3, 0.4) is 0 Å². The normalized spacial score (nSPS) is 19.0. The monoisotopic (exact) mass is 231 g/mol. The summed E-state index contributed by atoms with van der Waals surface area (Å²) in [6.45, 7) is 7.89. The third-order valence-electron chi connectivity index (χ3n) is 4.00. The van der Waals surface area contributed by atoms with E-state index in [0.717, 1.165) is 6.54 Å². The Labute approximate surface area is 106 Å². The molecule has 1 fully saturated rings. The van der Waals surface area contributed by atoms with Gasteiger partial charge in [0.05, 0.1) is 0 Å². The molecule has 1 aliphatic rings. The highest BCUT2D eigenvalue weighted by Crippen LogP contribution is 2.54. The zero-order chi connectivity index (χ0) is 12.3. The van der Waals surface area contributed by atoms with Crippen LogP contribution in [-0.2, 0) is 6.42 Å². The minimum atomic E-state index is 0.502. The van der Waals surface area contributed by atoms with E-state index in [2.05, 4.69) is 50.4 Å². The fourth-order valence-corrected chi connectivity index (χ4v) is 2.62. The zero-order valence-corrected chi connectivity index (χ0v) is 11.4.